The summed E-state index contributed by atoms with van der Waals surface area (Å²) >= 11 is 0. The Morgan fingerprint density at radius 3 is 2.44 bits per heavy atom. The first-order valence-electron chi connectivity index (χ1n) is 2.76. The lowest BCUT2D eigenvalue weighted by atomic mass is 10.5. The first kappa shape index (κ1) is 8.39. The zero-order valence-corrected chi connectivity index (χ0v) is 5.32. The zero-order chi connectivity index (χ0) is 7.28. The minimum atomic E-state index is -1.05. The highest BCUT2D eigenvalue weighted by Crippen LogP contribution is 1.88. The number of rotatable bonds is 4. The summed E-state index contributed by atoms with van der Waals surface area (Å²) in [5, 5.41) is 17.1. The van der Waals surface area contributed by atoms with Gasteiger partial charge in [0.2, 0.25) is 6.41 Å². The van der Waals surface area contributed by atoms with Gasteiger partial charge in [-0.15, -0.1) is 0 Å². The van der Waals surface area contributed by atoms with Gasteiger partial charge in [0.1, 0.15) is 0 Å². The monoisotopic (exact) mass is 133 g/mol. The number of aliphatic hydroxyl groups excluding tert-OH is 2. The van der Waals surface area contributed by atoms with Crippen LogP contribution in [-0.2, 0) is 4.79 Å². The van der Waals surface area contributed by atoms with Crippen LogP contribution in [0.5, 0.6) is 0 Å². The van der Waals surface area contributed by atoms with Gasteiger partial charge in [0, 0.05) is 6.54 Å². The fourth-order valence-electron chi connectivity index (χ4n) is 0.460. The van der Waals surface area contributed by atoms with Gasteiger partial charge in [0.05, 0.1) is 6.61 Å². The molecule has 2 N–H and O–H groups in total. The third-order valence-electron chi connectivity index (χ3n) is 1.05. The lowest BCUT2D eigenvalue weighted by Crippen LogP contribution is -2.36. The normalized spacial score (nSPS) is 12.8. The maximum absolute atomic E-state index is 9.99. The summed E-state index contributed by atoms with van der Waals surface area (Å²) in [4.78, 5) is 11.1. The molecular formula is C5H11NO3. The van der Waals surface area contributed by atoms with Crippen LogP contribution >= 0.6 is 0 Å². The Morgan fingerprint density at radius 1 is 1.78 bits per heavy atom. The number of nitrogens with zero attached hydrogens (tertiary/aromatic N) is 1. The largest absolute Gasteiger partial charge is 0.392 e. The van der Waals surface area contributed by atoms with E-state index in [1.807, 2.05) is 0 Å². The molecule has 0 rings (SSSR count). The zero-order valence-electron chi connectivity index (χ0n) is 5.32. The van der Waals surface area contributed by atoms with Gasteiger partial charge < -0.3 is 15.1 Å². The Morgan fingerprint density at radius 2 is 2.33 bits per heavy atom. The SMILES string of the molecule is CCN(C=O)C(O)CO. The molecule has 0 aliphatic carbocycles. The molecular weight excluding hydrogens is 122 g/mol. The molecule has 0 saturated carbocycles. The second-order valence-corrected chi connectivity index (χ2v) is 1.60. The third-order valence-corrected chi connectivity index (χ3v) is 1.05. The van der Waals surface area contributed by atoms with Crippen molar-refractivity contribution in [2.24, 2.45) is 0 Å². The van der Waals surface area contributed by atoms with Gasteiger partial charge in [-0.2, -0.15) is 0 Å². The number of hydrogen-bond donors (Lipinski definition) is 2. The second-order valence-electron chi connectivity index (χ2n) is 1.60. The van der Waals surface area contributed by atoms with Crippen molar-refractivity contribution in [1.29, 1.82) is 0 Å². The molecule has 0 spiro atoms. The van der Waals surface area contributed by atoms with E-state index in [4.69, 9.17) is 10.2 Å². The van der Waals surface area contributed by atoms with Gasteiger partial charge in [0.25, 0.3) is 0 Å². The molecule has 0 aromatic carbocycles. The molecule has 1 atom stereocenters. The molecule has 1 amide bonds. The van der Waals surface area contributed by atoms with Gasteiger partial charge in [-0.05, 0) is 6.92 Å². The van der Waals surface area contributed by atoms with Crippen LogP contribution in [0.25, 0.3) is 0 Å². The fraction of sp³-hybridized carbons (Fsp3) is 0.800. The van der Waals surface area contributed by atoms with Crippen molar-refractivity contribution in [3.63, 3.8) is 0 Å². The Kier molecular flexibility index (Phi) is 4.00. The van der Waals surface area contributed by atoms with Crippen molar-refractivity contribution >= 4 is 6.41 Å². The molecule has 0 aromatic heterocycles. The van der Waals surface area contributed by atoms with E-state index >= 15 is 0 Å². The maximum Gasteiger partial charge on any atom is 0.211 e. The average molecular weight is 133 g/mol. The number of likely N-dealkylation sites (N-methyl/N-ethyl adjacent to an activating group) is 1. The minimum Gasteiger partial charge on any atom is -0.392 e. The van der Waals surface area contributed by atoms with Crippen LogP contribution in [0.1, 0.15) is 6.92 Å². The molecule has 4 nitrogen and oxygen atoms in total. The molecule has 0 aromatic rings. The van der Waals surface area contributed by atoms with Crippen molar-refractivity contribution in [2.75, 3.05) is 13.2 Å². The first-order chi connectivity index (χ1) is 4.26. The van der Waals surface area contributed by atoms with Crippen LogP contribution in [-0.4, -0.2) is 40.9 Å². The van der Waals surface area contributed by atoms with Crippen LogP contribution in [0.4, 0.5) is 0 Å². The van der Waals surface area contributed by atoms with Crippen LogP contribution in [0.2, 0.25) is 0 Å². The molecule has 0 aliphatic heterocycles. The molecule has 54 valence electrons. The van der Waals surface area contributed by atoms with Crippen molar-refractivity contribution < 1.29 is 15.0 Å². The minimum absolute atomic E-state index is 0.408. The number of hydrogen-bond acceptors (Lipinski definition) is 3. The van der Waals surface area contributed by atoms with Crippen molar-refractivity contribution in [1.82, 2.24) is 4.90 Å². The van der Waals surface area contributed by atoms with E-state index in [-0.39, 0.29) is 0 Å². The molecule has 1 unspecified atom stereocenters. The fourth-order valence-corrected chi connectivity index (χ4v) is 0.460. The number of carbonyl (C=O) groups excluding carboxylic acids is 1. The predicted octanol–water partition coefficient (Wildman–Crippen LogP) is -1.22. The van der Waals surface area contributed by atoms with E-state index in [1.165, 1.54) is 0 Å². The molecule has 9 heavy (non-hydrogen) atoms. The van der Waals surface area contributed by atoms with Crippen LogP contribution < -0.4 is 0 Å². The van der Waals surface area contributed by atoms with Crippen molar-refractivity contribution in [3.05, 3.63) is 0 Å². The van der Waals surface area contributed by atoms with Crippen molar-refractivity contribution in [3.8, 4) is 0 Å². The Hall–Kier alpha value is -0.610. The van der Waals surface area contributed by atoms with E-state index in [9.17, 15) is 4.79 Å². The smallest absolute Gasteiger partial charge is 0.211 e. The summed E-state index contributed by atoms with van der Waals surface area (Å²) in [5.74, 6) is 0. The van der Waals surface area contributed by atoms with Gasteiger partial charge >= 0.3 is 0 Å². The summed E-state index contributed by atoms with van der Waals surface area (Å²) in [6, 6.07) is 0. The van der Waals surface area contributed by atoms with Gasteiger partial charge in [0.15, 0.2) is 6.23 Å². The number of amides is 1. The Labute approximate surface area is 53.7 Å². The Bertz CT molecular complexity index is 86.3. The summed E-state index contributed by atoms with van der Waals surface area (Å²) in [6.07, 6.45) is -0.548. The summed E-state index contributed by atoms with van der Waals surface area (Å²) in [5.41, 5.74) is 0. The maximum atomic E-state index is 9.99. The molecule has 4 heteroatoms. The highest BCUT2D eigenvalue weighted by atomic mass is 16.3. The molecule has 0 radical (unpaired) electrons. The topological polar surface area (TPSA) is 60.8 Å². The summed E-state index contributed by atoms with van der Waals surface area (Å²) < 4.78 is 0. The lowest BCUT2D eigenvalue weighted by Gasteiger charge is -2.19. The average Bonchev–Trinajstić information content (AvgIpc) is 1.90. The second kappa shape index (κ2) is 4.29. The van der Waals surface area contributed by atoms with E-state index in [0.29, 0.717) is 13.0 Å². The molecule has 0 heterocycles. The number of aliphatic hydroxyl groups is 2. The molecule has 0 aliphatic rings. The predicted molar refractivity (Wildman–Crippen MR) is 31.5 cm³/mol. The van der Waals surface area contributed by atoms with Gasteiger partial charge in [-0.25, -0.2) is 0 Å². The summed E-state index contributed by atoms with van der Waals surface area (Å²) in [7, 11) is 0. The van der Waals surface area contributed by atoms with Gasteiger partial charge in [-0.1, -0.05) is 0 Å². The molecule has 0 fully saturated rings. The first-order valence-corrected chi connectivity index (χ1v) is 2.76. The summed E-state index contributed by atoms with van der Waals surface area (Å²) in [6.45, 7) is 1.71. The number of carbonyl (C=O) groups is 1. The Balaban J connectivity index is 3.63. The standard InChI is InChI=1S/C5H11NO3/c1-2-6(4-8)5(9)3-7/h4-5,7,9H,2-3H2,1H3. The van der Waals surface area contributed by atoms with Crippen LogP contribution in [0.15, 0.2) is 0 Å². The van der Waals surface area contributed by atoms with E-state index < -0.39 is 12.8 Å². The van der Waals surface area contributed by atoms with Gasteiger partial charge in [-0.3, -0.25) is 4.79 Å². The van der Waals surface area contributed by atoms with E-state index in [2.05, 4.69) is 0 Å². The molecule has 0 saturated heterocycles. The van der Waals surface area contributed by atoms with E-state index in [0.717, 1.165) is 4.90 Å². The molecule has 0 bridgehead atoms. The quantitative estimate of drug-likeness (QED) is 0.373. The third kappa shape index (κ3) is 2.43. The van der Waals surface area contributed by atoms with E-state index in [1.54, 1.807) is 6.92 Å². The van der Waals surface area contributed by atoms with Crippen molar-refractivity contribution in [2.45, 2.75) is 13.2 Å². The highest BCUT2D eigenvalue weighted by Gasteiger charge is 2.07. The lowest BCUT2D eigenvalue weighted by molar-refractivity contribution is -0.129. The highest BCUT2D eigenvalue weighted by molar-refractivity contribution is 5.47. The van der Waals surface area contributed by atoms with Crippen LogP contribution in [0.3, 0.4) is 0 Å². The van der Waals surface area contributed by atoms with Crippen LogP contribution in [0, 0.1) is 0 Å².